The minimum atomic E-state index is -0.853. The second-order valence-corrected chi connectivity index (χ2v) is 4.73. The van der Waals surface area contributed by atoms with E-state index < -0.39 is 17.0 Å². The molecular weight excluding hydrogens is 208 g/mol. The molecule has 0 saturated carbocycles. The van der Waals surface area contributed by atoms with E-state index in [2.05, 4.69) is 11.5 Å². The average molecular weight is 228 g/mol. The highest BCUT2D eigenvalue weighted by atomic mass is 17.1. The van der Waals surface area contributed by atoms with Crippen LogP contribution in [0.4, 0.5) is 0 Å². The number of carbonyl (C=O) groups is 1. The first-order valence-corrected chi connectivity index (χ1v) is 5.10. The summed E-state index contributed by atoms with van der Waals surface area (Å²) >= 11 is 0. The molecular formula is C12H20O4. The second kappa shape index (κ2) is 5.82. The van der Waals surface area contributed by atoms with Crippen molar-refractivity contribution >= 4 is 5.97 Å². The fraction of sp³-hybridized carbons (Fsp3) is 0.583. The average Bonchev–Trinajstić information content (AvgIpc) is 2.16. The Morgan fingerprint density at radius 2 is 2.00 bits per heavy atom. The molecule has 0 fully saturated rings. The van der Waals surface area contributed by atoms with Crippen LogP contribution < -0.4 is 0 Å². The molecule has 0 saturated heterocycles. The van der Waals surface area contributed by atoms with Gasteiger partial charge in [-0.15, -0.1) is 6.58 Å². The molecule has 0 aromatic heterocycles. The van der Waals surface area contributed by atoms with Gasteiger partial charge in [0.2, 0.25) is 0 Å². The van der Waals surface area contributed by atoms with Gasteiger partial charge in [-0.25, -0.2) is 4.89 Å². The molecule has 92 valence electrons. The van der Waals surface area contributed by atoms with Gasteiger partial charge in [-0.3, -0.25) is 10.1 Å². The number of carboxylic acids is 1. The van der Waals surface area contributed by atoms with Crippen LogP contribution in [0.5, 0.6) is 0 Å². The molecule has 0 heterocycles. The predicted molar refractivity (Wildman–Crippen MR) is 62.1 cm³/mol. The van der Waals surface area contributed by atoms with Crippen LogP contribution in [0, 0.1) is 5.41 Å². The smallest absolute Gasteiger partial charge is 0.304 e. The zero-order valence-electron chi connectivity index (χ0n) is 10.1. The summed E-state index contributed by atoms with van der Waals surface area (Å²) in [6.07, 6.45) is 5.69. The monoisotopic (exact) mass is 228 g/mol. The quantitative estimate of drug-likeness (QED) is 0.399. The first-order chi connectivity index (χ1) is 7.24. The molecule has 1 atom stereocenters. The zero-order chi connectivity index (χ0) is 12.8. The van der Waals surface area contributed by atoms with Crippen molar-refractivity contribution in [2.75, 3.05) is 0 Å². The second-order valence-electron chi connectivity index (χ2n) is 4.73. The topological polar surface area (TPSA) is 66.8 Å². The Balaban J connectivity index is 4.45. The van der Waals surface area contributed by atoms with Gasteiger partial charge in [0.25, 0.3) is 0 Å². The van der Waals surface area contributed by atoms with Gasteiger partial charge in [-0.1, -0.05) is 25.2 Å². The van der Waals surface area contributed by atoms with Crippen LogP contribution in [0.2, 0.25) is 0 Å². The van der Waals surface area contributed by atoms with E-state index >= 15 is 0 Å². The van der Waals surface area contributed by atoms with Crippen LogP contribution in [-0.4, -0.2) is 21.9 Å². The van der Waals surface area contributed by atoms with Crippen LogP contribution in [0.25, 0.3) is 0 Å². The fourth-order valence-electron chi connectivity index (χ4n) is 1.22. The van der Waals surface area contributed by atoms with Crippen molar-refractivity contribution in [1.82, 2.24) is 0 Å². The third-order valence-corrected chi connectivity index (χ3v) is 2.39. The standard InChI is InChI=1S/C12H20O4/c1-5-12(4,9-10(13)14)8-6-7-11(2,3)16-15/h5-7,15H,1,8-9H2,2-4H3,(H,13,14)/b7-6+. The van der Waals surface area contributed by atoms with Gasteiger partial charge in [0.15, 0.2) is 0 Å². The van der Waals surface area contributed by atoms with E-state index in [-0.39, 0.29) is 6.42 Å². The van der Waals surface area contributed by atoms with E-state index in [0.717, 1.165) is 0 Å². The summed E-state index contributed by atoms with van der Waals surface area (Å²) in [4.78, 5) is 14.9. The summed E-state index contributed by atoms with van der Waals surface area (Å²) in [5.41, 5.74) is -1.24. The SMILES string of the molecule is C=CC(C)(C/C=C/C(C)(C)OO)CC(=O)O. The van der Waals surface area contributed by atoms with Gasteiger partial charge in [-0.2, -0.15) is 0 Å². The summed E-state index contributed by atoms with van der Waals surface area (Å²) < 4.78 is 0. The third kappa shape index (κ3) is 5.68. The lowest BCUT2D eigenvalue weighted by Crippen LogP contribution is -2.20. The molecule has 0 aliphatic carbocycles. The molecule has 0 aromatic carbocycles. The van der Waals surface area contributed by atoms with E-state index in [4.69, 9.17) is 10.4 Å². The van der Waals surface area contributed by atoms with Crippen LogP contribution in [0.3, 0.4) is 0 Å². The molecule has 0 amide bonds. The van der Waals surface area contributed by atoms with Gasteiger partial charge < -0.3 is 5.11 Å². The third-order valence-electron chi connectivity index (χ3n) is 2.39. The van der Waals surface area contributed by atoms with Crippen molar-refractivity contribution in [1.29, 1.82) is 0 Å². The zero-order valence-corrected chi connectivity index (χ0v) is 10.1. The van der Waals surface area contributed by atoms with Gasteiger partial charge in [-0.05, 0) is 25.7 Å². The normalized spacial score (nSPS) is 16.0. The molecule has 0 spiro atoms. The van der Waals surface area contributed by atoms with Gasteiger partial charge >= 0.3 is 5.97 Å². The fourth-order valence-corrected chi connectivity index (χ4v) is 1.22. The largest absolute Gasteiger partial charge is 0.481 e. The lowest BCUT2D eigenvalue weighted by Gasteiger charge is -2.22. The molecule has 0 aliphatic heterocycles. The Bertz CT molecular complexity index is 281. The maximum atomic E-state index is 10.7. The number of hydrogen-bond acceptors (Lipinski definition) is 3. The molecule has 2 N–H and O–H groups in total. The van der Waals surface area contributed by atoms with E-state index in [0.29, 0.717) is 6.42 Å². The Morgan fingerprint density at radius 1 is 1.44 bits per heavy atom. The molecule has 16 heavy (non-hydrogen) atoms. The Labute approximate surface area is 96.2 Å². The van der Waals surface area contributed by atoms with E-state index in [1.807, 2.05) is 6.92 Å². The highest BCUT2D eigenvalue weighted by Gasteiger charge is 2.23. The van der Waals surface area contributed by atoms with Crippen molar-refractivity contribution in [3.8, 4) is 0 Å². The van der Waals surface area contributed by atoms with Crippen LogP contribution in [0.1, 0.15) is 33.6 Å². The van der Waals surface area contributed by atoms with E-state index in [9.17, 15) is 4.79 Å². The Hall–Kier alpha value is -1.13. The highest BCUT2D eigenvalue weighted by molar-refractivity contribution is 5.68. The van der Waals surface area contributed by atoms with E-state index in [1.54, 1.807) is 32.1 Å². The molecule has 1 unspecified atom stereocenters. The van der Waals surface area contributed by atoms with Crippen molar-refractivity contribution in [2.45, 2.75) is 39.2 Å². The maximum Gasteiger partial charge on any atom is 0.304 e. The lowest BCUT2D eigenvalue weighted by atomic mass is 9.83. The van der Waals surface area contributed by atoms with E-state index in [1.165, 1.54) is 0 Å². The summed E-state index contributed by atoms with van der Waals surface area (Å²) in [7, 11) is 0. The van der Waals surface area contributed by atoms with Crippen molar-refractivity contribution in [3.63, 3.8) is 0 Å². The molecule has 0 aliphatic rings. The Morgan fingerprint density at radius 3 is 2.38 bits per heavy atom. The molecule has 0 bridgehead atoms. The number of carboxylic acid groups (broad SMARTS) is 1. The first kappa shape index (κ1) is 14.9. The molecule has 4 nitrogen and oxygen atoms in total. The predicted octanol–water partition coefficient (Wildman–Crippen LogP) is 2.87. The first-order valence-electron chi connectivity index (χ1n) is 5.10. The van der Waals surface area contributed by atoms with Gasteiger partial charge in [0, 0.05) is 0 Å². The lowest BCUT2D eigenvalue weighted by molar-refractivity contribution is -0.297. The highest BCUT2D eigenvalue weighted by Crippen LogP contribution is 2.28. The summed E-state index contributed by atoms with van der Waals surface area (Å²) in [5.74, 6) is -0.853. The minimum Gasteiger partial charge on any atom is -0.481 e. The van der Waals surface area contributed by atoms with Crippen LogP contribution in [-0.2, 0) is 9.68 Å². The number of hydrogen-bond donors (Lipinski definition) is 2. The molecule has 0 rings (SSSR count). The van der Waals surface area contributed by atoms with Crippen molar-refractivity contribution in [2.24, 2.45) is 5.41 Å². The molecule has 4 heteroatoms. The van der Waals surface area contributed by atoms with Crippen LogP contribution >= 0.6 is 0 Å². The number of aliphatic carboxylic acids is 1. The number of rotatable bonds is 7. The van der Waals surface area contributed by atoms with Crippen molar-refractivity contribution in [3.05, 3.63) is 24.8 Å². The minimum absolute atomic E-state index is 0.0290. The summed E-state index contributed by atoms with van der Waals surface area (Å²) in [6.45, 7) is 8.87. The van der Waals surface area contributed by atoms with Crippen LogP contribution in [0.15, 0.2) is 24.8 Å². The summed E-state index contributed by atoms with van der Waals surface area (Å²) in [6, 6.07) is 0. The number of allylic oxidation sites excluding steroid dienone is 2. The van der Waals surface area contributed by atoms with Crippen molar-refractivity contribution < 1.29 is 20.0 Å². The Kier molecular flexibility index (Phi) is 5.41. The summed E-state index contributed by atoms with van der Waals surface area (Å²) in [5, 5.41) is 17.3. The van der Waals surface area contributed by atoms with Gasteiger partial charge in [0.05, 0.1) is 6.42 Å². The maximum absolute atomic E-state index is 10.7. The van der Waals surface area contributed by atoms with Gasteiger partial charge in [0.1, 0.15) is 5.60 Å². The molecule has 0 radical (unpaired) electrons. The molecule has 0 aromatic rings.